The number of nitrogens with one attached hydrogen (secondary N) is 1. The Morgan fingerprint density at radius 1 is 1.53 bits per heavy atom. The predicted molar refractivity (Wildman–Crippen MR) is 77.1 cm³/mol. The Morgan fingerprint density at radius 2 is 2.35 bits per heavy atom. The van der Waals surface area contributed by atoms with Gasteiger partial charge in [0.15, 0.2) is 0 Å². The van der Waals surface area contributed by atoms with Gasteiger partial charge in [-0.25, -0.2) is 0 Å². The van der Waals surface area contributed by atoms with Gasteiger partial charge in [0, 0.05) is 11.4 Å². The van der Waals surface area contributed by atoms with Crippen molar-refractivity contribution in [3.8, 4) is 0 Å². The van der Waals surface area contributed by atoms with Crippen LogP contribution in [0.3, 0.4) is 0 Å². The van der Waals surface area contributed by atoms with Crippen LogP contribution in [0, 0.1) is 6.92 Å². The number of carbonyl (C=O) groups is 1. The average Bonchev–Trinajstić information content (AvgIpc) is 2.90. The molecule has 0 atom stereocenters. The number of aryl methyl sites for hydroxylation is 1. The highest BCUT2D eigenvalue weighted by Crippen LogP contribution is 2.27. The Labute approximate surface area is 117 Å². The Balaban J connectivity index is 1.85. The molecule has 0 unspecified atom stereocenters. The molecule has 2 aromatic heterocycles. The smallest absolute Gasteiger partial charge is 0.261 e. The molecule has 0 saturated heterocycles. The maximum absolute atomic E-state index is 11.8. The lowest BCUT2D eigenvalue weighted by molar-refractivity contribution is 0.0958. The number of rotatable bonds is 4. The van der Waals surface area contributed by atoms with Gasteiger partial charge in [-0.15, -0.1) is 22.7 Å². The summed E-state index contributed by atoms with van der Waals surface area (Å²) in [6.45, 7) is 2.68. The number of halogens is 1. The van der Waals surface area contributed by atoms with E-state index in [0.29, 0.717) is 6.54 Å². The van der Waals surface area contributed by atoms with Crippen molar-refractivity contribution in [2.45, 2.75) is 13.3 Å². The van der Waals surface area contributed by atoms with Crippen molar-refractivity contribution in [2.24, 2.45) is 0 Å². The molecule has 2 rings (SSSR count). The molecule has 1 amide bonds. The van der Waals surface area contributed by atoms with Crippen LogP contribution in [0.5, 0.6) is 0 Å². The molecular formula is C12H12BrNOS2. The van der Waals surface area contributed by atoms with Gasteiger partial charge < -0.3 is 5.32 Å². The van der Waals surface area contributed by atoms with E-state index in [2.05, 4.69) is 32.7 Å². The molecule has 0 aliphatic rings. The summed E-state index contributed by atoms with van der Waals surface area (Å²) in [5.74, 6) is 0.0142. The van der Waals surface area contributed by atoms with Crippen LogP contribution in [-0.2, 0) is 6.42 Å². The van der Waals surface area contributed by atoms with E-state index in [1.54, 1.807) is 11.3 Å². The monoisotopic (exact) mass is 329 g/mol. The predicted octanol–water partition coefficient (Wildman–Crippen LogP) is 3.85. The molecule has 0 bridgehead atoms. The molecule has 0 aromatic carbocycles. The van der Waals surface area contributed by atoms with Gasteiger partial charge in [-0.05, 0) is 52.4 Å². The molecule has 0 saturated carbocycles. The highest BCUT2D eigenvalue weighted by Gasteiger charge is 2.10. The van der Waals surface area contributed by atoms with E-state index in [1.807, 2.05) is 19.1 Å². The second-order valence-electron chi connectivity index (χ2n) is 3.65. The first-order chi connectivity index (χ1) is 8.16. The van der Waals surface area contributed by atoms with Crippen molar-refractivity contribution < 1.29 is 4.79 Å². The zero-order valence-electron chi connectivity index (χ0n) is 9.33. The maximum atomic E-state index is 11.8. The molecule has 0 spiro atoms. The number of hydrogen-bond donors (Lipinski definition) is 1. The van der Waals surface area contributed by atoms with Gasteiger partial charge in [-0.3, -0.25) is 4.79 Å². The van der Waals surface area contributed by atoms with Gasteiger partial charge in [0.05, 0.1) is 8.66 Å². The number of thiophene rings is 2. The molecule has 2 aromatic rings. The lowest BCUT2D eigenvalue weighted by atomic mass is 10.3. The van der Waals surface area contributed by atoms with Gasteiger partial charge in [0.1, 0.15) is 0 Å². The minimum absolute atomic E-state index is 0.0142. The third-order valence-corrected chi connectivity index (χ3v) is 5.39. The van der Waals surface area contributed by atoms with E-state index in [1.165, 1.54) is 16.2 Å². The fraction of sp³-hybridized carbons (Fsp3) is 0.250. The van der Waals surface area contributed by atoms with E-state index in [-0.39, 0.29) is 5.91 Å². The van der Waals surface area contributed by atoms with Crippen molar-refractivity contribution in [2.75, 3.05) is 6.54 Å². The Morgan fingerprint density at radius 3 is 2.94 bits per heavy atom. The zero-order chi connectivity index (χ0) is 12.3. The standard InChI is InChI=1S/C12H12BrNOS2/c1-8-7-10(17-11(8)13)12(15)14-5-4-9-3-2-6-16-9/h2-3,6-7H,4-5H2,1H3,(H,14,15). The summed E-state index contributed by atoms with van der Waals surface area (Å²) in [5.41, 5.74) is 1.11. The van der Waals surface area contributed by atoms with Crippen LogP contribution in [0.15, 0.2) is 27.4 Å². The lowest BCUT2D eigenvalue weighted by Crippen LogP contribution is -2.24. The summed E-state index contributed by atoms with van der Waals surface area (Å²) < 4.78 is 1.03. The minimum atomic E-state index is 0.0142. The zero-order valence-corrected chi connectivity index (χ0v) is 12.5. The molecule has 90 valence electrons. The number of carbonyl (C=O) groups excluding carboxylic acids is 1. The molecule has 17 heavy (non-hydrogen) atoms. The first-order valence-corrected chi connectivity index (χ1v) is 7.72. The third kappa shape index (κ3) is 3.40. The van der Waals surface area contributed by atoms with Gasteiger partial charge in [0.2, 0.25) is 0 Å². The van der Waals surface area contributed by atoms with Crippen molar-refractivity contribution in [1.82, 2.24) is 5.32 Å². The van der Waals surface area contributed by atoms with E-state index in [4.69, 9.17) is 0 Å². The fourth-order valence-corrected chi connectivity index (χ4v) is 3.57. The van der Waals surface area contributed by atoms with Crippen molar-refractivity contribution in [1.29, 1.82) is 0 Å². The van der Waals surface area contributed by atoms with Crippen LogP contribution >= 0.6 is 38.6 Å². The number of hydrogen-bond acceptors (Lipinski definition) is 3. The van der Waals surface area contributed by atoms with Crippen molar-refractivity contribution in [3.05, 3.63) is 42.7 Å². The fourth-order valence-electron chi connectivity index (χ4n) is 1.41. The summed E-state index contributed by atoms with van der Waals surface area (Å²) in [5, 5.41) is 4.99. The van der Waals surface area contributed by atoms with Crippen LogP contribution < -0.4 is 5.32 Å². The lowest BCUT2D eigenvalue weighted by Gasteiger charge is -2.01. The van der Waals surface area contributed by atoms with Gasteiger partial charge >= 0.3 is 0 Å². The van der Waals surface area contributed by atoms with Gasteiger partial charge in [-0.1, -0.05) is 6.07 Å². The van der Waals surface area contributed by atoms with Crippen LogP contribution in [0.2, 0.25) is 0 Å². The van der Waals surface area contributed by atoms with Crippen molar-refractivity contribution >= 4 is 44.5 Å². The Bertz CT molecular complexity index is 485. The summed E-state index contributed by atoms with van der Waals surface area (Å²) in [4.78, 5) is 13.9. The first-order valence-electron chi connectivity index (χ1n) is 5.23. The van der Waals surface area contributed by atoms with Crippen LogP contribution in [0.4, 0.5) is 0 Å². The normalized spacial score (nSPS) is 10.5. The molecule has 0 aliphatic heterocycles. The molecular weight excluding hydrogens is 318 g/mol. The van der Waals surface area contributed by atoms with Gasteiger partial charge in [-0.2, -0.15) is 0 Å². The molecule has 2 heterocycles. The quantitative estimate of drug-likeness (QED) is 0.906. The SMILES string of the molecule is Cc1cc(C(=O)NCCc2cccs2)sc1Br. The third-order valence-electron chi connectivity index (χ3n) is 2.32. The van der Waals surface area contributed by atoms with Crippen molar-refractivity contribution in [3.63, 3.8) is 0 Å². The maximum Gasteiger partial charge on any atom is 0.261 e. The van der Waals surface area contributed by atoms with Crippen LogP contribution in [0.1, 0.15) is 20.1 Å². The first kappa shape index (κ1) is 12.8. The largest absolute Gasteiger partial charge is 0.351 e. The molecule has 5 heteroatoms. The minimum Gasteiger partial charge on any atom is -0.351 e. The van der Waals surface area contributed by atoms with E-state index in [9.17, 15) is 4.79 Å². The second-order valence-corrected chi connectivity index (χ2v) is 7.05. The summed E-state index contributed by atoms with van der Waals surface area (Å²) in [7, 11) is 0. The highest BCUT2D eigenvalue weighted by atomic mass is 79.9. The topological polar surface area (TPSA) is 29.1 Å². The number of amides is 1. The summed E-state index contributed by atoms with van der Waals surface area (Å²) >= 11 is 6.62. The van der Waals surface area contributed by atoms with E-state index >= 15 is 0 Å². The molecule has 1 N–H and O–H groups in total. The average molecular weight is 330 g/mol. The summed E-state index contributed by atoms with van der Waals surface area (Å²) in [6, 6.07) is 6.03. The molecule has 0 radical (unpaired) electrons. The van der Waals surface area contributed by atoms with E-state index < -0.39 is 0 Å². The summed E-state index contributed by atoms with van der Waals surface area (Å²) in [6.07, 6.45) is 0.898. The Hall–Kier alpha value is -0.650. The molecule has 0 aliphatic carbocycles. The Kier molecular flexibility index (Phi) is 4.36. The highest BCUT2D eigenvalue weighted by molar-refractivity contribution is 9.11. The van der Waals surface area contributed by atoms with Crippen LogP contribution in [0.25, 0.3) is 0 Å². The van der Waals surface area contributed by atoms with Crippen LogP contribution in [-0.4, -0.2) is 12.5 Å². The molecule has 0 fully saturated rings. The van der Waals surface area contributed by atoms with Gasteiger partial charge in [0.25, 0.3) is 5.91 Å². The molecule has 2 nitrogen and oxygen atoms in total. The van der Waals surface area contributed by atoms with E-state index in [0.717, 1.165) is 20.6 Å². The second kappa shape index (κ2) is 5.80.